The molecule has 0 radical (unpaired) electrons. The van der Waals surface area contributed by atoms with E-state index < -0.39 is 0 Å². The van der Waals surface area contributed by atoms with Crippen LogP contribution >= 0.6 is 0 Å². The van der Waals surface area contributed by atoms with Crippen LogP contribution < -0.4 is 5.32 Å². The van der Waals surface area contributed by atoms with Crippen LogP contribution in [0.15, 0.2) is 24.5 Å². The van der Waals surface area contributed by atoms with Gasteiger partial charge in [-0.3, -0.25) is 9.48 Å². The average molecular weight is 297 g/mol. The molecule has 0 aliphatic rings. The molecule has 0 unspecified atom stereocenters. The molecule has 1 amide bonds. The Morgan fingerprint density at radius 1 is 1.32 bits per heavy atom. The van der Waals surface area contributed by atoms with Crippen molar-refractivity contribution in [2.45, 2.75) is 27.3 Å². The first-order chi connectivity index (χ1) is 10.5. The third kappa shape index (κ3) is 2.26. The van der Waals surface area contributed by atoms with Crippen LogP contribution in [-0.4, -0.2) is 25.2 Å². The van der Waals surface area contributed by atoms with Gasteiger partial charge in [0.15, 0.2) is 0 Å². The number of nitrogens with one attached hydrogen (secondary N) is 1. The number of imidazole rings is 1. The summed E-state index contributed by atoms with van der Waals surface area (Å²) in [5.41, 5.74) is 4.98. The van der Waals surface area contributed by atoms with Gasteiger partial charge in [0.05, 0.1) is 34.4 Å². The molecule has 22 heavy (non-hydrogen) atoms. The lowest BCUT2D eigenvalue weighted by molar-refractivity contribution is 0.102. The number of benzene rings is 1. The first-order valence-corrected chi connectivity index (χ1v) is 7.27. The van der Waals surface area contributed by atoms with Crippen molar-refractivity contribution < 1.29 is 4.79 Å². The third-order valence-corrected chi connectivity index (χ3v) is 3.91. The van der Waals surface area contributed by atoms with Gasteiger partial charge in [0, 0.05) is 19.2 Å². The number of hydrogen-bond donors (Lipinski definition) is 1. The number of aromatic nitrogens is 4. The molecule has 1 N–H and O–H groups in total. The second-order valence-electron chi connectivity index (χ2n) is 5.37. The number of carbonyl (C=O) groups is 1. The molecule has 114 valence electrons. The largest absolute Gasteiger partial charge is 0.334 e. The fraction of sp³-hybridized carbons (Fsp3) is 0.312. The van der Waals surface area contributed by atoms with E-state index in [0.717, 1.165) is 34.7 Å². The van der Waals surface area contributed by atoms with E-state index in [2.05, 4.69) is 15.4 Å². The Morgan fingerprint density at radius 3 is 2.77 bits per heavy atom. The van der Waals surface area contributed by atoms with Gasteiger partial charge in [0.25, 0.3) is 5.91 Å². The number of rotatable bonds is 3. The molecule has 0 bridgehead atoms. The van der Waals surface area contributed by atoms with Crippen molar-refractivity contribution in [3.05, 3.63) is 41.5 Å². The van der Waals surface area contributed by atoms with E-state index in [1.54, 1.807) is 12.4 Å². The van der Waals surface area contributed by atoms with Gasteiger partial charge < -0.3 is 9.88 Å². The van der Waals surface area contributed by atoms with Gasteiger partial charge in [-0.05, 0) is 39.0 Å². The lowest BCUT2D eigenvalue weighted by Gasteiger charge is -2.06. The van der Waals surface area contributed by atoms with E-state index in [9.17, 15) is 4.79 Å². The average Bonchev–Trinajstić information content (AvgIpc) is 3.01. The minimum atomic E-state index is -0.144. The van der Waals surface area contributed by atoms with Crippen molar-refractivity contribution in [1.29, 1.82) is 0 Å². The maximum atomic E-state index is 12.5. The van der Waals surface area contributed by atoms with E-state index in [1.807, 2.05) is 49.2 Å². The van der Waals surface area contributed by atoms with E-state index >= 15 is 0 Å². The highest BCUT2D eigenvalue weighted by Gasteiger charge is 2.15. The highest BCUT2D eigenvalue weighted by atomic mass is 16.1. The first kappa shape index (κ1) is 14.3. The summed E-state index contributed by atoms with van der Waals surface area (Å²) in [6.07, 6.45) is 1.74. The Morgan fingerprint density at radius 2 is 2.09 bits per heavy atom. The van der Waals surface area contributed by atoms with Crippen LogP contribution in [0.4, 0.5) is 5.69 Å². The quantitative estimate of drug-likeness (QED) is 0.808. The van der Waals surface area contributed by atoms with Crippen molar-refractivity contribution in [2.24, 2.45) is 7.05 Å². The zero-order valence-corrected chi connectivity index (χ0v) is 13.2. The fourth-order valence-corrected chi connectivity index (χ4v) is 2.65. The third-order valence-electron chi connectivity index (χ3n) is 3.91. The molecule has 0 saturated heterocycles. The molecule has 2 aromatic heterocycles. The highest BCUT2D eigenvalue weighted by Crippen LogP contribution is 2.21. The number of carbonyl (C=O) groups excluding carboxylic acids is 1. The number of anilines is 1. The molecule has 0 aliphatic carbocycles. The van der Waals surface area contributed by atoms with E-state index in [-0.39, 0.29) is 5.91 Å². The molecule has 0 aliphatic heterocycles. The van der Waals surface area contributed by atoms with Crippen molar-refractivity contribution in [3.63, 3.8) is 0 Å². The van der Waals surface area contributed by atoms with Crippen LogP contribution in [0.3, 0.4) is 0 Å². The van der Waals surface area contributed by atoms with Crippen molar-refractivity contribution >= 4 is 22.6 Å². The molecule has 3 rings (SSSR count). The van der Waals surface area contributed by atoms with E-state index in [4.69, 9.17) is 0 Å². The molecule has 1 aromatic carbocycles. The summed E-state index contributed by atoms with van der Waals surface area (Å²) >= 11 is 0. The maximum absolute atomic E-state index is 12.5. The van der Waals surface area contributed by atoms with Crippen molar-refractivity contribution in [1.82, 2.24) is 19.3 Å². The van der Waals surface area contributed by atoms with Gasteiger partial charge in [0.2, 0.25) is 0 Å². The van der Waals surface area contributed by atoms with Gasteiger partial charge in [-0.2, -0.15) is 5.10 Å². The van der Waals surface area contributed by atoms with Crippen LogP contribution in [0, 0.1) is 13.8 Å². The zero-order valence-electron chi connectivity index (χ0n) is 13.2. The van der Waals surface area contributed by atoms with Gasteiger partial charge in [-0.1, -0.05) is 0 Å². The Labute approximate surface area is 128 Å². The van der Waals surface area contributed by atoms with Gasteiger partial charge in [-0.25, -0.2) is 4.98 Å². The van der Waals surface area contributed by atoms with Crippen LogP contribution in [0.25, 0.3) is 11.0 Å². The molecule has 0 atom stereocenters. The number of nitrogens with zero attached hydrogens (tertiary/aromatic N) is 4. The Hall–Kier alpha value is -2.63. The van der Waals surface area contributed by atoms with E-state index in [0.29, 0.717) is 5.56 Å². The summed E-state index contributed by atoms with van der Waals surface area (Å²) in [4.78, 5) is 16.8. The smallest absolute Gasteiger partial charge is 0.255 e. The molecular weight excluding hydrogens is 278 g/mol. The van der Waals surface area contributed by atoms with Crippen LogP contribution in [0.2, 0.25) is 0 Å². The summed E-state index contributed by atoms with van der Waals surface area (Å²) < 4.78 is 3.81. The number of amides is 1. The van der Waals surface area contributed by atoms with Crippen molar-refractivity contribution in [3.8, 4) is 0 Å². The number of fused-ring (bicyclic) bond motifs is 1. The standard InChI is InChI=1S/C16H19N5O/c1-5-21-11(3)15(10(2)19-21)18-16(22)12-6-7-14-13(8-12)17-9-20(14)4/h6-9H,5H2,1-4H3,(H,18,22). The van der Waals surface area contributed by atoms with Gasteiger partial charge in [0.1, 0.15) is 0 Å². The molecule has 3 aromatic rings. The molecule has 2 heterocycles. The second kappa shape index (κ2) is 5.29. The summed E-state index contributed by atoms with van der Waals surface area (Å²) in [5, 5.41) is 7.38. The maximum Gasteiger partial charge on any atom is 0.255 e. The predicted molar refractivity (Wildman–Crippen MR) is 86.0 cm³/mol. The van der Waals surface area contributed by atoms with Crippen LogP contribution in [0.1, 0.15) is 28.7 Å². The molecule has 6 heteroatoms. The lowest BCUT2D eigenvalue weighted by atomic mass is 10.1. The Balaban J connectivity index is 1.91. The zero-order chi connectivity index (χ0) is 15.9. The molecule has 0 saturated carbocycles. The lowest BCUT2D eigenvalue weighted by Crippen LogP contribution is -2.13. The highest BCUT2D eigenvalue weighted by molar-refractivity contribution is 6.06. The topological polar surface area (TPSA) is 64.7 Å². The molecular formula is C16H19N5O. The minimum Gasteiger partial charge on any atom is -0.334 e. The SMILES string of the molecule is CCn1nc(C)c(NC(=O)c2ccc3c(c2)ncn3C)c1C. The summed E-state index contributed by atoms with van der Waals surface area (Å²) in [6, 6.07) is 5.53. The Bertz CT molecular complexity index is 859. The van der Waals surface area contributed by atoms with Crippen molar-refractivity contribution in [2.75, 3.05) is 5.32 Å². The number of hydrogen-bond acceptors (Lipinski definition) is 3. The normalized spacial score (nSPS) is 11.1. The molecule has 6 nitrogen and oxygen atoms in total. The fourth-order valence-electron chi connectivity index (χ4n) is 2.65. The van der Waals surface area contributed by atoms with E-state index in [1.165, 1.54) is 0 Å². The van der Waals surface area contributed by atoms with Crippen LogP contribution in [0.5, 0.6) is 0 Å². The number of aryl methyl sites for hydroxylation is 3. The first-order valence-electron chi connectivity index (χ1n) is 7.27. The summed E-state index contributed by atoms with van der Waals surface area (Å²) in [6.45, 7) is 6.67. The monoisotopic (exact) mass is 297 g/mol. The second-order valence-corrected chi connectivity index (χ2v) is 5.37. The minimum absolute atomic E-state index is 0.144. The predicted octanol–water partition coefficient (Wildman–Crippen LogP) is 2.66. The van der Waals surface area contributed by atoms with Crippen LogP contribution in [-0.2, 0) is 13.6 Å². The molecule has 0 spiro atoms. The summed E-state index contributed by atoms with van der Waals surface area (Å²) in [5.74, 6) is -0.144. The Kier molecular flexibility index (Phi) is 3.44. The molecule has 0 fully saturated rings. The van der Waals surface area contributed by atoms with Gasteiger partial charge >= 0.3 is 0 Å². The summed E-state index contributed by atoms with van der Waals surface area (Å²) in [7, 11) is 1.93. The van der Waals surface area contributed by atoms with Gasteiger partial charge in [-0.15, -0.1) is 0 Å².